The predicted molar refractivity (Wildman–Crippen MR) is 90.8 cm³/mol. The summed E-state index contributed by atoms with van der Waals surface area (Å²) in [5.41, 5.74) is -1.06. The van der Waals surface area contributed by atoms with Crippen molar-refractivity contribution in [2.45, 2.75) is 50.9 Å². The van der Waals surface area contributed by atoms with Crippen LogP contribution in [0, 0.1) is 5.92 Å². The van der Waals surface area contributed by atoms with Gasteiger partial charge in [-0.1, -0.05) is 19.8 Å². The van der Waals surface area contributed by atoms with E-state index in [0.717, 1.165) is 24.2 Å². The van der Waals surface area contributed by atoms with E-state index in [4.69, 9.17) is 4.42 Å². The Labute approximate surface area is 159 Å². The molecule has 2 fully saturated rings. The van der Waals surface area contributed by atoms with Gasteiger partial charge >= 0.3 is 12.2 Å². The number of amides is 4. The molecule has 4 amide bonds. The predicted octanol–water partition coefficient (Wildman–Crippen LogP) is 2.67. The third-order valence-corrected chi connectivity index (χ3v) is 5.44. The van der Waals surface area contributed by atoms with Crippen LogP contribution in [0.5, 0.6) is 0 Å². The Hall–Kier alpha value is -2.52. The Morgan fingerprint density at radius 3 is 2.75 bits per heavy atom. The fraction of sp³-hybridized carbons (Fsp3) is 0.611. The first-order valence-corrected chi connectivity index (χ1v) is 9.13. The molecule has 1 aliphatic carbocycles. The summed E-state index contributed by atoms with van der Waals surface area (Å²) in [5.74, 6) is -1.44. The number of hydrogen-bond acceptors (Lipinski definition) is 4. The van der Waals surface area contributed by atoms with Crippen LogP contribution in [0.2, 0.25) is 0 Å². The highest BCUT2D eigenvalue weighted by Gasteiger charge is 2.55. The summed E-state index contributed by atoms with van der Waals surface area (Å²) in [6.07, 6.45) is -0.422. The Morgan fingerprint density at radius 2 is 2.14 bits per heavy atom. The van der Waals surface area contributed by atoms with E-state index >= 15 is 0 Å². The summed E-state index contributed by atoms with van der Waals surface area (Å²) in [6, 6.07) is 2.21. The number of alkyl halides is 3. The molecule has 0 bridgehead atoms. The maximum absolute atomic E-state index is 12.9. The number of carbonyl (C=O) groups excluding carboxylic acids is 3. The number of hydrogen-bond donors (Lipinski definition) is 1. The van der Waals surface area contributed by atoms with Gasteiger partial charge in [-0.15, -0.1) is 0 Å². The van der Waals surface area contributed by atoms with Crippen LogP contribution in [0.4, 0.5) is 18.0 Å². The molecule has 1 aliphatic heterocycles. The fourth-order valence-corrected chi connectivity index (χ4v) is 3.91. The fourth-order valence-electron chi connectivity index (χ4n) is 3.91. The normalized spacial score (nSPS) is 25.3. The van der Waals surface area contributed by atoms with E-state index < -0.39 is 49.2 Å². The molecular weight excluding hydrogens is 379 g/mol. The van der Waals surface area contributed by atoms with E-state index in [0.29, 0.717) is 11.3 Å². The van der Waals surface area contributed by atoms with Gasteiger partial charge in [-0.3, -0.25) is 14.5 Å². The summed E-state index contributed by atoms with van der Waals surface area (Å²) in [5, 5.41) is 2.68. The highest BCUT2D eigenvalue weighted by atomic mass is 19.4. The summed E-state index contributed by atoms with van der Waals surface area (Å²) in [7, 11) is 0. The summed E-state index contributed by atoms with van der Waals surface area (Å²) < 4.78 is 43.8. The van der Waals surface area contributed by atoms with Gasteiger partial charge in [0, 0.05) is 0 Å². The van der Waals surface area contributed by atoms with Gasteiger partial charge in [0.2, 0.25) is 5.91 Å². The molecule has 1 aromatic heterocycles. The van der Waals surface area contributed by atoms with Crippen LogP contribution in [-0.2, 0) is 16.1 Å². The molecule has 0 aromatic carbocycles. The smallest absolute Gasteiger partial charge is 0.406 e. The van der Waals surface area contributed by atoms with Crippen molar-refractivity contribution in [3.05, 3.63) is 24.2 Å². The van der Waals surface area contributed by atoms with E-state index in [1.54, 1.807) is 0 Å². The Bertz CT molecular complexity index is 750. The third kappa shape index (κ3) is 4.00. The topological polar surface area (TPSA) is 82.9 Å². The zero-order chi connectivity index (χ0) is 20.5. The van der Waals surface area contributed by atoms with Gasteiger partial charge in [0.05, 0.1) is 12.8 Å². The molecule has 28 heavy (non-hydrogen) atoms. The second-order valence-corrected chi connectivity index (χ2v) is 7.38. The molecule has 1 N–H and O–H groups in total. The zero-order valence-corrected chi connectivity index (χ0v) is 15.4. The maximum atomic E-state index is 12.9. The van der Waals surface area contributed by atoms with Crippen LogP contribution in [0.1, 0.15) is 38.4 Å². The molecule has 2 aliphatic rings. The van der Waals surface area contributed by atoms with Crippen molar-refractivity contribution < 1.29 is 32.0 Å². The number of halogens is 3. The lowest BCUT2D eigenvalue weighted by atomic mass is 9.73. The van der Waals surface area contributed by atoms with Crippen molar-refractivity contribution in [3.8, 4) is 0 Å². The lowest BCUT2D eigenvalue weighted by Gasteiger charge is -2.36. The van der Waals surface area contributed by atoms with Crippen molar-refractivity contribution >= 4 is 17.8 Å². The second-order valence-electron chi connectivity index (χ2n) is 7.38. The van der Waals surface area contributed by atoms with Crippen LogP contribution < -0.4 is 5.32 Å². The molecule has 0 radical (unpaired) electrons. The summed E-state index contributed by atoms with van der Waals surface area (Å²) >= 11 is 0. The van der Waals surface area contributed by atoms with Crippen molar-refractivity contribution in [1.29, 1.82) is 0 Å². The highest BCUT2D eigenvalue weighted by Crippen LogP contribution is 2.38. The summed E-state index contributed by atoms with van der Waals surface area (Å²) in [6.45, 7) is -0.792. The molecular formula is C18H22F3N3O4. The van der Waals surface area contributed by atoms with E-state index in [9.17, 15) is 27.6 Å². The molecule has 1 saturated carbocycles. The molecule has 3 rings (SSSR count). The van der Waals surface area contributed by atoms with Gasteiger partial charge in [0.15, 0.2) is 0 Å². The van der Waals surface area contributed by atoms with Gasteiger partial charge in [-0.05, 0) is 30.9 Å². The van der Waals surface area contributed by atoms with Crippen LogP contribution >= 0.6 is 0 Å². The third-order valence-electron chi connectivity index (χ3n) is 5.44. The van der Waals surface area contributed by atoms with Crippen LogP contribution in [0.25, 0.3) is 0 Å². The van der Waals surface area contributed by atoms with E-state index in [1.165, 1.54) is 18.4 Å². The van der Waals surface area contributed by atoms with Crippen molar-refractivity contribution in [3.63, 3.8) is 0 Å². The van der Waals surface area contributed by atoms with Gasteiger partial charge in [0.1, 0.15) is 24.4 Å². The number of nitrogens with zero attached hydrogens (tertiary/aromatic N) is 2. The monoisotopic (exact) mass is 401 g/mol. The first-order valence-electron chi connectivity index (χ1n) is 9.13. The molecule has 1 spiro atoms. The highest BCUT2D eigenvalue weighted by molar-refractivity contribution is 6.09. The first-order chi connectivity index (χ1) is 13.1. The van der Waals surface area contributed by atoms with Crippen molar-refractivity contribution in [2.75, 3.05) is 13.1 Å². The number of furan rings is 1. The lowest BCUT2D eigenvalue weighted by molar-refractivity contribution is -0.163. The van der Waals surface area contributed by atoms with Crippen LogP contribution in [-0.4, -0.2) is 52.5 Å². The first kappa shape index (κ1) is 20.2. The molecule has 7 nitrogen and oxygen atoms in total. The number of rotatable bonds is 5. The quantitative estimate of drug-likeness (QED) is 0.769. The number of carbonyl (C=O) groups is 3. The van der Waals surface area contributed by atoms with E-state index in [2.05, 4.69) is 5.32 Å². The Balaban J connectivity index is 1.75. The van der Waals surface area contributed by atoms with Crippen LogP contribution in [0.3, 0.4) is 0 Å². The molecule has 10 heteroatoms. The molecule has 2 heterocycles. The number of imide groups is 1. The van der Waals surface area contributed by atoms with E-state index in [-0.39, 0.29) is 11.7 Å². The molecule has 154 valence electrons. The lowest BCUT2D eigenvalue weighted by Crippen LogP contribution is -2.54. The zero-order valence-electron chi connectivity index (χ0n) is 15.4. The van der Waals surface area contributed by atoms with Gasteiger partial charge in [-0.2, -0.15) is 13.2 Å². The second kappa shape index (κ2) is 7.48. The maximum Gasteiger partial charge on any atom is 0.406 e. The van der Waals surface area contributed by atoms with Gasteiger partial charge in [-0.25, -0.2) is 4.79 Å². The minimum atomic E-state index is -4.63. The van der Waals surface area contributed by atoms with Crippen LogP contribution in [0.15, 0.2) is 22.8 Å². The van der Waals surface area contributed by atoms with Gasteiger partial charge in [0.25, 0.3) is 5.91 Å². The number of urea groups is 1. The SMILES string of the molecule is C[C@H]1CCCC[C@@]12NC(=O)N(CC(=O)N(Cc1ccco1)CC(F)(F)F)C2=O. The average molecular weight is 401 g/mol. The molecule has 1 aromatic rings. The van der Waals surface area contributed by atoms with Crippen molar-refractivity contribution in [1.82, 2.24) is 15.1 Å². The minimum Gasteiger partial charge on any atom is -0.467 e. The van der Waals surface area contributed by atoms with Crippen molar-refractivity contribution in [2.24, 2.45) is 5.92 Å². The van der Waals surface area contributed by atoms with Gasteiger partial charge < -0.3 is 14.6 Å². The Morgan fingerprint density at radius 1 is 1.39 bits per heavy atom. The number of nitrogens with one attached hydrogen (secondary N) is 1. The molecule has 1 saturated heterocycles. The minimum absolute atomic E-state index is 0.104. The molecule has 0 unspecified atom stereocenters. The Kier molecular flexibility index (Phi) is 5.40. The van der Waals surface area contributed by atoms with E-state index in [1.807, 2.05) is 6.92 Å². The summed E-state index contributed by atoms with van der Waals surface area (Å²) in [4.78, 5) is 39.1. The largest absolute Gasteiger partial charge is 0.467 e. The molecule has 2 atom stereocenters. The average Bonchev–Trinajstić information content (AvgIpc) is 3.19. The standard InChI is InChI=1S/C18H22F3N3O4/c1-12-5-2-3-7-17(12)15(26)24(16(27)22-17)10-14(25)23(11-18(19,20)21)9-13-6-4-8-28-13/h4,6,8,12H,2-3,5,7,9-11H2,1H3,(H,22,27)/t12-,17+/m0/s1.